The minimum Gasteiger partial charge on any atom is -1.00 e. The predicted octanol–water partition coefficient (Wildman–Crippen LogP) is 8.28. The topological polar surface area (TPSA) is 43.4 Å². The molecule has 0 saturated heterocycles. The number of hydrogen-bond acceptors (Lipinski definition) is 3. The molecule has 0 atom stereocenters. The molecule has 0 aromatic heterocycles. The zero-order valence-electron chi connectivity index (χ0n) is 22.2. The van der Waals surface area contributed by atoms with Crippen LogP contribution in [0.4, 0.5) is 0 Å². The van der Waals surface area contributed by atoms with Crippen molar-refractivity contribution in [3.63, 3.8) is 0 Å². The molecular formula is C26H48BaO3S. The first-order chi connectivity index (χ1) is 14.7. The van der Waals surface area contributed by atoms with Gasteiger partial charge in [0.15, 0.2) is 0 Å². The average molecular weight is 578 g/mol. The van der Waals surface area contributed by atoms with Gasteiger partial charge in [-0.1, -0.05) is 134 Å². The van der Waals surface area contributed by atoms with Gasteiger partial charge in [0.1, 0.15) is 0 Å². The maximum Gasteiger partial charge on any atom is 2.00 e. The summed E-state index contributed by atoms with van der Waals surface area (Å²) in [5.41, 5.74) is 0. The second-order valence-electron chi connectivity index (χ2n) is 8.60. The van der Waals surface area contributed by atoms with E-state index >= 15 is 0 Å². The summed E-state index contributed by atoms with van der Waals surface area (Å²) >= 11 is 0. The standard InChI is InChI=1S/C26H46O3S.Ba.2H/c1-2-3-4-5-6-7-8-9-10-11-12-13-14-15-16-17-18-22-25-29-30(27,28)26-23-20-19-21-24-26;;;/h19-21,23-24H,2-18,22,25H2,1H3;;;/q;+2;2*-1. The molecule has 0 aliphatic carbocycles. The molecule has 1 aromatic carbocycles. The number of unbranched alkanes of at least 4 members (excludes halogenated alkanes) is 17. The monoisotopic (exact) mass is 578 g/mol. The van der Waals surface area contributed by atoms with Crippen molar-refractivity contribution < 1.29 is 15.5 Å². The summed E-state index contributed by atoms with van der Waals surface area (Å²) in [6, 6.07) is 8.38. The fourth-order valence-corrected chi connectivity index (χ4v) is 4.79. The van der Waals surface area contributed by atoms with E-state index < -0.39 is 10.1 Å². The number of rotatable bonds is 21. The maximum atomic E-state index is 12.0. The summed E-state index contributed by atoms with van der Waals surface area (Å²) in [5, 5.41) is 0. The zero-order chi connectivity index (χ0) is 21.8. The Morgan fingerprint density at radius 2 is 0.968 bits per heavy atom. The molecule has 178 valence electrons. The first-order valence-electron chi connectivity index (χ1n) is 12.6. The zero-order valence-corrected chi connectivity index (χ0v) is 25.4. The molecule has 5 heteroatoms. The Kier molecular flexibility index (Phi) is 23.0. The Labute approximate surface area is 236 Å². The van der Waals surface area contributed by atoms with Gasteiger partial charge >= 0.3 is 48.9 Å². The summed E-state index contributed by atoms with van der Waals surface area (Å²) in [5.74, 6) is 0. The van der Waals surface area contributed by atoms with Crippen molar-refractivity contribution in [3.8, 4) is 0 Å². The Morgan fingerprint density at radius 1 is 0.613 bits per heavy atom. The van der Waals surface area contributed by atoms with Crippen LogP contribution in [0.1, 0.15) is 125 Å². The molecule has 0 heterocycles. The van der Waals surface area contributed by atoms with Crippen LogP contribution in [0.25, 0.3) is 0 Å². The quantitative estimate of drug-likeness (QED) is 0.0839. The number of hydrogen-bond donors (Lipinski definition) is 0. The molecule has 3 nitrogen and oxygen atoms in total. The van der Waals surface area contributed by atoms with E-state index in [4.69, 9.17) is 4.18 Å². The van der Waals surface area contributed by atoms with Crippen molar-refractivity contribution in [2.45, 2.75) is 127 Å². The van der Waals surface area contributed by atoms with Gasteiger partial charge < -0.3 is 2.85 Å². The molecule has 1 rings (SSSR count). The van der Waals surface area contributed by atoms with Crippen LogP contribution in [0.15, 0.2) is 35.2 Å². The minimum absolute atomic E-state index is 0. The Bertz CT molecular complexity index is 601. The Hall–Kier alpha value is 0.701. The van der Waals surface area contributed by atoms with E-state index in [0.29, 0.717) is 0 Å². The molecular weight excluding hydrogens is 530 g/mol. The van der Waals surface area contributed by atoms with Gasteiger partial charge in [-0.15, -0.1) is 0 Å². The van der Waals surface area contributed by atoms with Gasteiger partial charge in [0.05, 0.1) is 11.5 Å². The molecule has 0 saturated carbocycles. The van der Waals surface area contributed by atoms with Crippen molar-refractivity contribution in [2.24, 2.45) is 0 Å². The predicted molar refractivity (Wildman–Crippen MR) is 136 cm³/mol. The van der Waals surface area contributed by atoms with E-state index in [1.165, 1.54) is 103 Å². The molecule has 31 heavy (non-hydrogen) atoms. The van der Waals surface area contributed by atoms with Crippen molar-refractivity contribution in [2.75, 3.05) is 6.61 Å². The number of benzene rings is 1. The summed E-state index contributed by atoms with van der Waals surface area (Å²) in [7, 11) is -3.58. The van der Waals surface area contributed by atoms with Crippen LogP contribution in [0, 0.1) is 0 Å². The van der Waals surface area contributed by atoms with Gasteiger partial charge in [0.25, 0.3) is 10.1 Å². The SMILES string of the molecule is CCCCCCCCCCCCCCCCCCCCOS(=O)(=O)c1ccccc1.[Ba+2].[H-].[H-]. The molecule has 0 unspecified atom stereocenters. The van der Waals surface area contributed by atoms with Crippen molar-refractivity contribution >= 4 is 59.0 Å². The summed E-state index contributed by atoms with van der Waals surface area (Å²) < 4.78 is 29.1. The van der Waals surface area contributed by atoms with E-state index in [9.17, 15) is 8.42 Å². The summed E-state index contributed by atoms with van der Waals surface area (Å²) in [6.45, 7) is 2.57. The molecule has 0 radical (unpaired) electrons. The molecule has 0 aliphatic rings. The largest absolute Gasteiger partial charge is 2.00 e. The van der Waals surface area contributed by atoms with Crippen LogP contribution in [0.5, 0.6) is 0 Å². The summed E-state index contributed by atoms with van der Waals surface area (Å²) in [6.07, 6.45) is 23.9. The maximum absolute atomic E-state index is 12.0. The van der Waals surface area contributed by atoms with Crippen LogP contribution >= 0.6 is 0 Å². The van der Waals surface area contributed by atoms with E-state index in [2.05, 4.69) is 6.92 Å². The van der Waals surface area contributed by atoms with E-state index in [0.717, 1.165) is 12.8 Å². The third kappa shape index (κ3) is 18.8. The summed E-state index contributed by atoms with van der Waals surface area (Å²) in [4.78, 5) is 0.243. The Balaban J connectivity index is -0.00000300. The van der Waals surface area contributed by atoms with Crippen molar-refractivity contribution in [1.82, 2.24) is 0 Å². The van der Waals surface area contributed by atoms with Crippen molar-refractivity contribution in [3.05, 3.63) is 30.3 Å². The fraction of sp³-hybridized carbons (Fsp3) is 0.769. The third-order valence-corrected chi connectivity index (χ3v) is 7.09. The van der Waals surface area contributed by atoms with Gasteiger partial charge in [-0.25, -0.2) is 0 Å². The van der Waals surface area contributed by atoms with Gasteiger partial charge in [-0.3, -0.25) is 4.18 Å². The van der Waals surface area contributed by atoms with Crippen LogP contribution < -0.4 is 0 Å². The first-order valence-corrected chi connectivity index (χ1v) is 14.0. The van der Waals surface area contributed by atoms with Gasteiger partial charge in [0, 0.05) is 0 Å². The molecule has 0 bridgehead atoms. The molecule has 0 aliphatic heterocycles. The molecule has 0 N–H and O–H groups in total. The molecule has 0 fully saturated rings. The van der Waals surface area contributed by atoms with E-state index in [-0.39, 0.29) is 63.2 Å². The third-order valence-electron chi connectivity index (χ3n) is 5.77. The second-order valence-corrected chi connectivity index (χ2v) is 10.2. The van der Waals surface area contributed by atoms with Crippen LogP contribution in [-0.2, 0) is 14.3 Å². The van der Waals surface area contributed by atoms with Crippen LogP contribution in [0.2, 0.25) is 0 Å². The van der Waals surface area contributed by atoms with Gasteiger partial charge in [-0.2, -0.15) is 8.42 Å². The second kappa shape index (κ2) is 22.5. The molecule has 1 aromatic rings. The van der Waals surface area contributed by atoms with Crippen LogP contribution in [-0.4, -0.2) is 63.9 Å². The minimum atomic E-state index is -3.58. The molecule has 0 spiro atoms. The van der Waals surface area contributed by atoms with Gasteiger partial charge in [-0.05, 0) is 18.6 Å². The van der Waals surface area contributed by atoms with E-state index in [1.807, 2.05) is 0 Å². The fourth-order valence-electron chi connectivity index (χ4n) is 3.83. The first kappa shape index (κ1) is 31.7. The van der Waals surface area contributed by atoms with Gasteiger partial charge in [0.2, 0.25) is 0 Å². The normalized spacial score (nSPS) is 11.4. The van der Waals surface area contributed by atoms with E-state index in [1.54, 1.807) is 30.3 Å². The van der Waals surface area contributed by atoms with Crippen molar-refractivity contribution in [1.29, 1.82) is 0 Å². The average Bonchev–Trinajstić information content (AvgIpc) is 2.76. The Morgan fingerprint density at radius 3 is 1.35 bits per heavy atom. The van der Waals surface area contributed by atoms with Crippen LogP contribution in [0.3, 0.4) is 0 Å². The molecule has 0 amide bonds. The smallest absolute Gasteiger partial charge is 1.00 e.